The first kappa shape index (κ1) is 26.4. The molecule has 1 N–H and O–H groups in total. The van der Waals surface area contributed by atoms with Gasteiger partial charge in [0.2, 0.25) is 11.8 Å². The summed E-state index contributed by atoms with van der Waals surface area (Å²) >= 11 is 0. The highest BCUT2D eigenvalue weighted by atomic mass is 19.4. The SMILES string of the molecule is C[C@@H]1[C@H](c2c(F)ccc(F)c2F)C[C@H](N2CC=CC3=C2C[C@]2(C3)C(=O)Nc3ncccc32)C(=O)N1CC(F)(F)F. The number of piperidine rings is 1. The summed E-state index contributed by atoms with van der Waals surface area (Å²) in [7, 11) is 0. The second-order valence-electron chi connectivity index (χ2n) is 10.8. The number of likely N-dealkylation sites (tertiary alicyclic amines) is 1. The molecule has 0 saturated carbocycles. The van der Waals surface area contributed by atoms with Crippen LogP contribution >= 0.6 is 0 Å². The number of hydrogen-bond donors (Lipinski definition) is 1. The minimum atomic E-state index is -4.78. The number of aromatic nitrogens is 1. The van der Waals surface area contributed by atoms with E-state index in [1.165, 1.54) is 6.92 Å². The quantitative estimate of drug-likeness (QED) is 0.425. The lowest BCUT2D eigenvalue weighted by atomic mass is 9.78. The van der Waals surface area contributed by atoms with E-state index in [1.54, 1.807) is 29.3 Å². The van der Waals surface area contributed by atoms with Gasteiger partial charge in [-0.1, -0.05) is 18.2 Å². The molecule has 6 rings (SSSR count). The third-order valence-electron chi connectivity index (χ3n) is 8.59. The highest BCUT2D eigenvalue weighted by Crippen LogP contribution is 2.53. The van der Waals surface area contributed by atoms with Crippen LogP contribution < -0.4 is 5.32 Å². The number of rotatable bonds is 3. The molecule has 1 fully saturated rings. The molecule has 40 heavy (non-hydrogen) atoms. The highest BCUT2D eigenvalue weighted by molar-refractivity contribution is 6.06. The number of allylic oxidation sites excluding steroid dienone is 3. The Balaban J connectivity index is 1.40. The van der Waals surface area contributed by atoms with E-state index >= 15 is 0 Å². The number of benzene rings is 1. The van der Waals surface area contributed by atoms with Gasteiger partial charge in [0.1, 0.15) is 24.2 Å². The van der Waals surface area contributed by atoms with Crippen LogP contribution in [0.15, 0.2) is 53.9 Å². The van der Waals surface area contributed by atoms with Gasteiger partial charge in [-0.25, -0.2) is 18.2 Å². The van der Waals surface area contributed by atoms with Crippen LogP contribution in [0.25, 0.3) is 0 Å². The zero-order valence-electron chi connectivity index (χ0n) is 21.2. The number of fused-ring (bicyclic) bond motifs is 2. The van der Waals surface area contributed by atoms with Crippen molar-refractivity contribution in [2.75, 3.05) is 18.4 Å². The predicted octanol–water partition coefficient (Wildman–Crippen LogP) is 4.94. The average molecular weight is 563 g/mol. The van der Waals surface area contributed by atoms with Gasteiger partial charge in [-0.2, -0.15) is 13.2 Å². The van der Waals surface area contributed by atoms with E-state index in [0.29, 0.717) is 34.5 Å². The van der Waals surface area contributed by atoms with Gasteiger partial charge < -0.3 is 15.1 Å². The molecule has 2 aromatic rings. The summed E-state index contributed by atoms with van der Waals surface area (Å²) in [6.45, 7) is -0.200. The summed E-state index contributed by atoms with van der Waals surface area (Å²) in [6, 6.07) is 2.35. The molecular formula is C28H24F6N4O2. The maximum atomic E-state index is 14.9. The van der Waals surface area contributed by atoms with Crippen molar-refractivity contribution in [1.29, 1.82) is 0 Å². The van der Waals surface area contributed by atoms with Crippen LogP contribution in [-0.2, 0) is 15.0 Å². The molecule has 0 bridgehead atoms. The van der Waals surface area contributed by atoms with E-state index in [9.17, 15) is 35.9 Å². The summed E-state index contributed by atoms with van der Waals surface area (Å²) in [6.07, 6.45) is 0.560. The molecule has 0 unspecified atom stereocenters. The van der Waals surface area contributed by atoms with Gasteiger partial charge in [0.15, 0.2) is 11.6 Å². The number of pyridine rings is 1. The molecule has 4 heterocycles. The number of carbonyl (C=O) groups excluding carboxylic acids is 2. The molecule has 4 atom stereocenters. The van der Waals surface area contributed by atoms with Crippen molar-refractivity contribution in [2.45, 2.75) is 55.8 Å². The standard InChI is InChI=1S/C28H24F6N4O2/c1-14-16(22-18(29)6-7-19(30)23(22)31)10-20(25(39)38(14)13-28(32,33)34)37-9-3-4-15-11-27(12-21(15)37)17-5-2-8-35-24(17)36-26(27)40/h2-8,14,16,20H,9-13H2,1H3,(H,35,36,40)/t14-,16-,20+,27+/m1/s1. The van der Waals surface area contributed by atoms with E-state index in [1.807, 2.05) is 6.08 Å². The fourth-order valence-electron chi connectivity index (χ4n) is 6.72. The Morgan fingerprint density at radius 1 is 1.10 bits per heavy atom. The van der Waals surface area contributed by atoms with Crippen LogP contribution in [0.4, 0.5) is 32.2 Å². The number of anilines is 1. The smallest absolute Gasteiger partial charge is 0.359 e. The summed E-state index contributed by atoms with van der Waals surface area (Å²) in [5, 5.41) is 2.79. The third kappa shape index (κ3) is 3.98. The summed E-state index contributed by atoms with van der Waals surface area (Å²) in [4.78, 5) is 33.3. The number of carbonyl (C=O) groups is 2. The normalized spacial score (nSPS) is 27.9. The van der Waals surface area contributed by atoms with Gasteiger partial charge in [0.05, 0.1) is 5.41 Å². The van der Waals surface area contributed by atoms with E-state index in [-0.39, 0.29) is 25.3 Å². The molecular weight excluding hydrogens is 538 g/mol. The Morgan fingerprint density at radius 3 is 2.60 bits per heavy atom. The van der Waals surface area contributed by atoms with E-state index in [4.69, 9.17) is 0 Å². The van der Waals surface area contributed by atoms with Gasteiger partial charge in [0.25, 0.3) is 0 Å². The summed E-state index contributed by atoms with van der Waals surface area (Å²) in [5.74, 6) is -5.86. The average Bonchev–Trinajstić information content (AvgIpc) is 3.43. The zero-order valence-corrected chi connectivity index (χ0v) is 21.2. The molecule has 1 aromatic carbocycles. The minimum absolute atomic E-state index is 0.141. The van der Waals surface area contributed by atoms with E-state index < -0.39 is 65.1 Å². The molecule has 0 radical (unpaired) electrons. The van der Waals surface area contributed by atoms with Crippen LogP contribution in [0, 0.1) is 17.5 Å². The minimum Gasteiger partial charge on any atom is -0.359 e. The Hall–Kier alpha value is -3.83. The van der Waals surface area contributed by atoms with Crippen LogP contribution in [0.2, 0.25) is 0 Å². The van der Waals surface area contributed by atoms with Crippen molar-refractivity contribution < 1.29 is 35.9 Å². The van der Waals surface area contributed by atoms with Crippen LogP contribution in [0.3, 0.4) is 0 Å². The van der Waals surface area contributed by atoms with Crippen molar-refractivity contribution in [1.82, 2.24) is 14.8 Å². The zero-order chi connectivity index (χ0) is 28.6. The Bertz CT molecular complexity index is 1490. The van der Waals surface area contributed by atoms with Crippen LogP contribution in [0.1, 0.15) is 43.2 Å². The number of amides is 2. The fourth-order valence-corrected chi connectivity index (χ4v) is 6.72. The fraction of sp³-hybridized carbons (Fsp3) is 0.393. The topological polar surface area (TPSA) is 65.5 Å². The summed E-state index contributed by atoms with van der Waals surface area (Å²) in [5.41, 5.74) is 0.349. The maximum Gasteiger partial charge on any atom is 0.406 e. The van der Waals surface area contributed by atoms with Crippen LogP contribution in [-0.4, -0.2) is 57.9 Å². The van der Waals surface area contributed by atoms with Gasteiger partial charge in [-0.3, -0.25) is 9.59 Å². The molecule has 2 amide bonds. The maximum absolute atomic E-state index is 14.9. The Kier molecular flexibility index (Phi) is 6.01. The number of halogens is 6. The summed E-state index contributed by atoms with van der Waals surface area (Å²) < 4.78 is 84.9. The molecule has 3 aliphatic heterocycles. The molecule has 1 spiro atoms. The van der Waals surface area contributed by atoms with Crippen molar-refractivity contribution in [2.24, 2.45) is 0 Å². The molecule has 1 saturated heterocycles. The first-order valence-corrected chi connectivity index (χ1v) is 12.8. The monoisotopic (exact) mass is 562 g/mol. The molecule has 210 valence electrons. The number of alkyl halides is 3. The van der Waals surface area contributed by atoms with Crippen molar-refractivity contribution in [3.63, 3.8) is 0 Å². The molecule has 1 aromatic heterocycles. The lowest BCUT2D eigenvalue weighted by molar-refractivity contribution is -0.173. The second-order valence-corrected chi connectivity index (χ2v) is 10.8. The number of nitrogens with one attached hydrogen (secondary N) is 1. The molecule has 6 nitrogen and oxygen atoms in total. The number of hydrogen-bond acceptors (Lipinski definition) is 4. The van der Waals surface area contributed by atoms with Crippen LogP contribution in [0.5, 0.6) is 0 Å². The lowest BCUT2D eigenvalue weighted by Crippen LogP contribution is -2.60. The van der Waals surface area contributed by atoms with Gasteiger partial charge in [-0.15, -0.1) is 0 Å². The van der Waals surface area contributed by atoms with Crippen molar-refractivity contribution in [3.05, 3.63) is 82.5 Å². The molecule has 1 aliphatic carbocycles. The Labute approximate surface area is 225 Å². The molecule has 12 heteroatoms. The third-order valence-corrected chi connectivity index (χ3v) is 8.59. The molecule has 4 aliphatic rings. The largest absolute Gasteiger partial charge is 0.406 e. The lowest BCUT2D eigenvalue weighted by Gasteiger charge is -2.47. The van der Waals surface area contributed by atoms with Gasteiger partial charge in [0, 0.05) is 47.9 Å². The van der Waals surface area contributed by atoms with E-state index in [2.05, 4.69) is 10.3 Å². The van der Waals surface area contributed by atoms with Crippen molar-refractivity contribution >= 4 is 17.6 Å². The van der Waals surface area contributed by atoms with Gasteiger partial charge in [-0.05, 0) is 43.5 Å². The predicted molar refractivity (Wildman–Crippen MR) is 131 cm³/mol. The first-order valence-electron chi connectivity index (χ1n) is 12.8. The Morgan fingerprint density at radius 2 is 1.85 bits per heavy atom. The van der Waals surface area contributed by atoms with Gasteiger partial charge >= 0.3 is 6.18 Å². The van der Waals surface area contributed by atoms with E-state index in [0.717, 1.165) is 11.6 Å². The highest BCUT2D eigenvalue weighted by Gasteiger charge is 2.55. The van der Waals surface area contributed by atoms with Crippen molar-refractivity contribution in [3.8, 4) is 0 Å². The first-order chi connectivity index (χ1) is 18.9. The second kappa shape index (κ2) is 9.10. The number of nitrogens with zero attached hydrogens (tertiary/aromatic N) is 3.